The van der Waals surface area contributed by atoms with Crippen molar-refractivity contribution in [1.29, 1.82) is 0 Å². The normalized spacial score (nSPS) is 11.4. The Kier molecular flexibility index (Phi) is 7.79. The van der Waals surface area contributed by atoms with E-state index in [0.29, 0.717) is 17.5 Å². The minimum Gasteiger partial charge on any atom is -0.486 e. The minimum atomic E-state index is -4.44. The highest BCUT2D eigenvalue weighted by atomic mass is 32.2. The molecular formula is C22H23F3N4O2S. The van der Waals surface area contributed by atoms with Gasteiger partial charge in [-0.25, -0.2) is 0 Å². The highest BCUT2D eigenvalue weighted by molar-refractivity contribution is 7.99. The lowest BCUT2D eigenvalue weighted by Crippen LogP contribution is -2.16. The monoisotopic (exact) mass is 464 g/mol. The van der Waals surface area contributed by atoms with Crippen LogP contribution in [0.4, 0.5) is 18.9 Å². The summed E-state index contributed by atoms with van der Waals surface area (Å²) in [5, 5.41) is 11.6. The molecule has 0 atom stereocenters. The van der Waals surface area contributed by atoms with Crippen LogP contribution in [0.1, 0.15) is 30.8 Å². The second-order valence-corrected chi connectivity index (χ2v) is 7.75. The lowest BCUT2D eigenvalue weighted by Gasteiger charge is -2.11. The van der Waals surface area contributed by atoms with Crippen LogP contribution in [0.25, 0.3) is 0 Å². The van der Waals surface area contributed by atoms with Crippen LogP contribution in [-0.2, 0) is 30.5 Å². The van der Waals surface area contributed by atoms with Crippen LogP contribution in [0.2, 0.25) is 0 Å². The van der Waals surface area contributed by atoms with Gasteiger partial charge in [-0.15, -0.1) is 10.2 Å². The minimum absolute atomic E-state index is 0.0429. The smallest absolute Gasteiger partial charge is 0.416 e. The molecule has 0 unspecified atom stereocenters. The molecule has 2 aromatic carbocycles. The van der Waals surface area contributed by atoms with E-state index >= 15 is 0 Å². The molecule has 0 saturated carbocycles. The van der Waals surface area contributed by atoms with E-state index in [-0.39, 0.29) is 24.0 Å². The lowest BCUT2D eigenvalue weighted by atomic mass is 10.1. The van der Waals surface area contributed by atoms with Gasteiger partial charge >= 0.3 is 6.18 Å². The molecule has 0 radical (unpaired) electrons. The predicted molar refractivity (Wildman–Crippen MR) is 117 cm³/mol. The number of nitrogens with zero attached hydrogens (tertiary/aromatic N) is 3. The molecule has 1 heterocycles. The maximum Gasteiger partial charge on any atom is 0.416 e. The van der Waals surface area contributed by atoms with E-state index in [0.717, 1.165) is 29.8 Å². The zero-order valence-electron chi connectivity index (χ0n) is 17.6. The average Bonchev–Trinajstić information content (AvgIpc) is 3.18. The van der Waals surface area contributed by atoms with Gasteiger partial charge in [0.1, 0.15) is 12.4 Å². The number of benzene rings is 2. The van der Waals surface area contributed by atoms with Gasteiger partial charge in [-0.05, 0) is 43.2 Å². The number of alkyl halides is 3. The first kappa shape index (κ1) is 23.6. The summed E-state index contributed by atoms with van der Waals surface area (Å²) in [6.07, 6.45) is -3.63. The summed E-state index contributed by atoms with van der Waals surface area (Å²) in [4.78, 5) is 12.4. The number of ether oxygens (including phenoxy) is 1. The van der Waals surface area contributed by atoms with Gasteiger partial charge in [0, 0.05) is 12.2 Å². The molecule has 0 aliphatic carbocycles. The third-order valence-corrected chi connectivity index (χ3v) is 5.61. The molecule has 1 N–H and O–H groups in total. The Morgan fingerprint density at radius 2 is 1.91 bits per heavy atom. The molecule has 0 saturated heterocycles. The van der Waals surface area contributed by atoms with Crippen molar-refractivity contribution >= 4 is 23.4 Å². The van der Waals surface area contributed by atoms with E-state index in [4.69, 9.17) is 4.74 Å². The van der Waals surface area contributed by atoms with Crippen molar-refractivity contribution in [1.82, 2.24) is 14.8 Å². The second-order valence-electron chi connectivity index (χ2n) is 6.80. The highest BCUT2D eigenvalue weighted by Gasteiger charge is 2.30. The van der Waals surface area contributed by atoms with Crippen molar-refractivity contribution in [3.63, 3.8) is 0 Å². The third-order valence-electron chi connectivity index (χ3n) is 4.64. The van der Waals surface area contributed by atoms with E-state index in [1.54, 1.807) is 4.57 Å². The molecule has 0 spiro atoms. The fourth-order valence-corrected chi connectivity index (χ4v) is 3.85. The summed E-state index contributed by atoms with van der Waals surface area (Å²) >= 11 is 1.23. The predicted octanol–water partition coefficient (Wildman–Crippen LogP) is 5.19. The Hall–Kier alpha value is -3.01. The maximum atomic E-state index is 12.9. The first-order valence-corrected chi connectivity index (χ1v) is 11.0. The number of aryl methyl sites for hydroxylation is 1. The van der Waals surface area contributed by atoms with Gasteiger partial charge in [0.2, 0.25) is 5.91 Å². The quantitative estimate of drug-likeness (QED) is 0.442. The first-order valence-electron chi connectivity index (χ1n) is 10.0. The third kappa shape index (κ3) is 6.03. The largest absolute Gasteiger partial charge is 0.486 e. The summed E-state index contributed by atoms with van der Waals surface area (Å²) in [5.74, 6) is 0.533. The Morgan fingerprint density at radius 1 is 1.12 bits per heavy atom. The van der Waals surface area contributed by atoms with E-state index < -0.39 is 11.7 Å². The summed E-state index contributed by atoms with van der Waals surface area (Å²) in [5.41, 5.74) is 1.06. The number of thioether (sulfide) groups is 1. The van der Waals surface area contributed by atoms with Crippen LogP contribution in [0.3, 0.4) is 0 Å². The Bertz CT molecular complexity index is 1070. The number of nitrogens with one attached hydrogen (secondary N) is 1. The van der Waals surface area contributed by atoms with Crippen LogP contribution in [-0.4, -0.2) is 26.4 Å². The van der Waals surface area contributed by atoms with Crippen molar-refractivity contribution in [3.05, 3.63) is 65.5 Å². The van der Waals surface area contributed by atoms with Crippen LogP contribution in [0, 0.1) is 0 Å². The molecule has 3 rings (SSSR count). The van der Waals surface area contributed by atoms with E-state index in [1.165, 1.54) is 23.9 Å². The van der Waals surface area contributed by atoms with Gasteiger partial charge in [0.15, 0.2) is 11.0 Å². The molecule has 0 bridgehead atoms. The van der Waals surface area contributed by atoms with Crippen molar-refractivity contribution < 1.29 is 22.7 Å². The molecule has 10 heteroatoms. The van der Waals surface area contributed by atoms with Crippen LogP contribution in [0.15, 0.2) is 53.7 Å². The number of rotatable bonds is 9. The van der Waals surface area contributed by atoms with Crippen LogP contribution in [0.5, 0.6) is 5.75 Å². The van der Waals surface area contributed by atoms with Crippen LogP contribution >= 0.6 is 11.8 Å². The van der Waals surface area contributed by atoms with Crippen LogP contribution < -0.4 is 10.1 Å². The fourth-order valence-electron chi connectivity index (χ4n) is 3.03. The SMILES string of the molecule is CCc1ccccc1NC(=O)CSc1nnc(COc2cccc(C(F)(F)F)c2)n1CC. The molecule has 0 aliphatic heterocycles. The summed E-state index contributed by atoms with van der Waals surface area (Å²) in [6, 6.07) is 12.3. The maximum absolute atomic E-state index is 12.9. The highest BCUT2D eigenvalue weighted by Crippen LogP contribution is 2.31. The molecule has 0 aliphatic rings. The number of hydrogen-bond donors (Lipinski definition) is 1. The second kappa shape index (κ2) is 10.5. The van der Waals surface area contributed by atoms with Gasteiger partial charge in [0.05, 0.1) is 11.3 Å². The number of anilines is 1. The van der Waals surface area contributed by atoms with Gasteiger partial charge in [-0.2, -0.15) is 13.2 Å². The molecule has 1 amide bonds. The van der Waals surface area contributed by atoms with E-state index in [2.05, 4.69) is 15.5 Å². The van der Waals surface area contributed by atoms with Crippen molar-refractivity contribution in [3.8, 4) is 5.75 Å². The number of carbonyl (C=O) groups excluding carboxylic acids is 1. The number of hydrogen-bond acceptors (Lipinski definition) is 5. The Morgan fingerprint density at radius 3 is 2.62 bits per heavy atom. The molecule has 170 valence electrons. The molecule has 0 fully saturated rings. The van der Waals surface area contributed by atoms with E-state index in [1.807, 2.05) is 38.1 Å². The summed E-state index contributed by atoms with van der Waals surface area (Å²) < 4.78 is 45.9. The van der Waals surface area contributed by atoms with Crippen molar-refractivity contribution in [2.45, 2.75) is 44.8 Å². The molecular weight excluding hydrogens is 441 g/mol. The first-order chi connectivity index (χ1) is 15.3. The molecule has 3 aromatic rings. The number of halogens is 3. The summed E-state index contributed by atoms with van der Waals surface area (Å²) in [6.45, 7) is 4.39. The van der Waals surface area contributed by atoms with Gasteiger partial charge in [-0.3, -0.25) is 4.79 Å². The number of aromatic nitrogens is 3. The zero-order valence-corrected chi connectivity index (χ0v) is 18.5. The average molecular weight is 465 g/mol. The number of para-hydroxylation sites is 1. The Balaban J connectivity index is 1.60. The number of carbonyl (C=O) groups is 1. The topological polar surface area (TPSA) is 69.0 Å². The Labute approximate surface area is 188 Å². The molecule has 6 nitrogen and oxygen atoms in total. The zero-order chi connectivity index (χ0) is 23.1. The van der Waals surface area contributed by atoms with Gasteiger partial charge in [0.25, 0.3) is 0 Å². The lowest BCUT2D eigenvalue weighted by molar-refractivity contribution is -0.137. The van der Waals surface area contributed by atoms with Crippen molar-refractivity contribution in [2.75, 3.05) is 11.1 Å². The fraction of sp³-hybridized carbons (Fsp3) is 0.318. The number of amides is 1. The molecule has 1 aromatic heterocycles. The van der Waals surface area contributed by atoms with Crippen molar-refractivity contribution in [2.24, 2.45) is 0 Å². The van der Waals surface area contributed by atoms with Gasteiger partial charge < -0.3 is 14.6 Å². The van der Waals surface area contributed by atoms with Gasteiger partial charge in [-0.1, -0.05) is 43.0 Å². The summed E-state index contributed by atoms with van der Waals surface area (Å²) in [7, 11) is 0. The standard InChI is InChI=1S/C22H23F3N4O2S/c1-3-15-8-5-6-11-18(15)26-20(30)14-32-21-28-27-19(29(21)4-2)13-31-17-10-7-9-16(12-17)22(23,24)25/h5-12H,3-4,13-14H2,1-2H3,(H,26,30). The molecule has 32 heavy (non-hydrogen) atoms. The van der Waals surface area contributed by atoms with E-state index in [9.17, 15) is 18.0 Å².